The number of nitrogens with one attached hydrogen (secondary N) is 1. The molecule has 1 aromatic heterocycles. The molecule has 5 nitrogen and oxygen atoms in total. The molecule has 0 bridgehead atoms. The number of hydrogen-bond donors (Lipinski definition) is 1. The van der Waals surface area contributed by atoms with Crippen molar-refractivity contribution in [3.05, 3.63) is 75.7 Å². The molecular weight excluding hydrogens is 416 g/mol. The number of benzene rings is 2. The first kappa shape index (κ1) is 22.1. The molecule has 30 heavy (non-hydrogen) atoms. The van der Waals surface area contributed by atoms with Crippen LogP contribution in [0.4, 0.5) is 5.69 Å². The molecule has 1 N–H and O–H groups in total. The van der Waals surface area contributed by atoms with E-state index in [1.165, 1.54) is 17.3 Å². The summed E-state index contributed by atoms with van der Waals surface area (Å²) in [5.41, 5.74) is 3.30. The molecule has 0 saturated carbocycles. The molecular formula is C23H24N2O3S2. The molecule has 2 aromatic carbocycles. The Kier molecular flexibility index (Phi) is 7.65. The quantitative estimate of drug-likeness (QED) is 0.361. The fourth-order valence-electron chi connectivity index (χ4n) is 2.74. The maximum Gasteiger partial charge on any atom is 0.339 e. The summed E-state index contributed by atoms with van der Waals surface area (Å²) in [5, 5.41) is 5.78. The first-order chi connectivity index (χ1) is 14.4. The molecule has 0 atom stereocenters. The first-order valence-electron chi connectivity index (χ1n) is 9.62. The van der Waals surface area contributed by atoms with Crippen molar-refractivity contribution in [3.63, 3.8) is 0 Å². The Labute approximate surface area is 184 Å². The molecule has 3 rings (SSSR count). The van der Waals surface area contributed by atoms with Gasteiger partial charge in [-0.15, -0.1) is 23.1 Å². The van der Waals surface area contributed by atoms with E-state index in [4.69, 9.17) is 4.74 Å². The third kappa shape index (κ3) is 6.18. The molecule has 1 amide bonds. The lowest BCUT2D eigenvalue weighted by Crippen LogP contribution is -2.21. The highest BCUT2D eigenvalue weighted by atomic mass is 32.2. The highest BCUT2D eigenvalue weighted by molar-refractivity contribution is 7.98. The number of aryl methyl sites for hydroxylation is 1. The minimum absolute atomic E-state index is 0.338. The molecule has 0 aliphatic carbocycles. The van der Waals surface area contributed by atoms with Crippen LogP contribution in [0, 0.1) is 6.92 Å². The van der Waals surface area contributed by atoms with Crippen molar-refractivity contribution in [1.29, 1.82) is 0 Å². The summed E-state index contributed by atoms with van der Waals surface area (Å²) < 4.78 is 5.24. The van der Waals surface area contributed by atoms with Gasteiger partial charge in [0.25, 0.3) is 5.91 Å². The lowest BCUT2D eigenvalue weighted by Gasteiger charge is -2.10. The van der Waals surface area contributed by atoms with Crippen LogP contribution in [0.15, 0.2) is 58.8 Å². The van der Waals surface area contributed by atoms with Crippen LogP contribution < -0.4 is 5.32 Å². The second kappa shape index (κ2) is 10.4. The molecule has 0 fully saturated rings. The molecule has 0 saturated heterocycles. The van der Waals surface area contributed by atoms with E-state index in [1.807, 2.05) is 48.7 Å². The number of thioether (sulfide) groups is 1. The van der Waals surface area contributed by atoms with Crippen molar-refractivity contribution in [1.82, 2.24) is 4.98 Å². The van der Waals surface area contributed by atoms with Gasteiger partial charge in [-0.1, -0.05) is 38.1 Å². The normalized spacial score (nSPS) is 10.8. The number of carbonyl (C=O) groups excluding carboxylic acids is 2. The predicted molar refractivity (Wildman–Crippen MR) is 122 cm³/mol. The topological polar surface area (TPSA) is 68.3 Å². The minimum Gasteiger partial charge on any atom is -0.452 e. The number of rotatable bonds is 8. The maximum atomic E-state index is 12.5. The van der Waals surface area contributed by atoms with E-state index < -0.39 is 5.97 Å². The Morgan fingerprint density at radius 3 is 2.53 bits per heavy atom. The molecule has 0 spiro atoms. The van der Waals surface area contributed by atoms with E-state index in [0.29, 0.717) is 22.9 Å². The van der Waals surface area contributed by atoms with Gasteiger partial charge in [-0.05, 0) is 42.7 Å². The van der Waals surface area contributed by atoms with Gasteiger partial charge in [0.05, 0.1) is 16.3 Å². The van der Waals surface area contributed by atoms with Crippen LogP contribution >= 0.6 is 23.1 Å². The van der Waals surface area contributed by atoms with Gasteiger partial charge in [0.15, 0.2) is 6.61 Å². The fourth-order valence-corrected chi connectivity index (χ4v) is 4.40. The van der Waals surface area contributed by atoms with Crippen LogP contribution in [0.25, 0.3) is 0 Å². The van der Waals surface area contributed by atoms with E-state index in [1.54, 1.807) is 23.5 Å². The van der Waals surface area contributed by atoms with Crippen molar-refractivity contribution in [2.45, 2.75) is 37.3 Å². The third-order valence-corrected chi connectivity index (χ3v) is 6.27. The number of hydrogen-bond acceptors (Lipinski definition) is 6. The van der Waals surface area contributed by atoms with Crippen molar-refractivity contribution < 1.29 is 14.3 Å². The van der Waals surface area contributed by atoms with E-state index in [0.717, 1.165) is 15.6 Å². The average molecular weight is 441 g/mol. The van der Waals surface area contributed by atoms with Gasteiger partial charge in [-0.3, -0.25) is 4.79 Å². The van der Waals surface area contributed by atoms with Crippen LogP contribution in [0.2, 0.25) is 0 Å². The monoisotopic (exact) mass is 440 g/mol. The third-order valence-electron chi connectivity index (χ3n) is 4.34. The minimum atomic E-state index is -0.516. The molecule has 0 radical (unpaired) electrons. The highest BCUT2D eigenvalue weighted by Gasteiger charge is 2.15. The van der Waals surface area contributed by atoms with Crippen LogP contribution in [-0.4, -0.2) is 23.5 Å². The van der Waals surface area contributed by atoms with Gasteiger partial charge in [-0.2, -0.15) is 0 Å². The zero-order chi connectivity index (χ0) is 21.5. The maximum absolute atomic E-state index is 12.5. The van der Waals surface area contributed by atoms with Gasteiger partial charge >= 0.3 is 5.97 Å². The van der Waals surface area contributed by atoms with Crippen LogP contribution in [0.1, 0.15) is 46.4 Å². The van der Waals surface area contributed by atoms with Gasteiger partial charge < -0.3 is 10.1 Å². The number of thiazole rings is 1. The van der Waals surface area contributed by atoms with Gasteiger partial charge in [0, 0.05) is 21.7 Å². The lowest BCUT2D eigenvalue weighted by molar-refractivity contribution is -0.119. The van der Waals surface area contributed by atoms with E-state index >= 15 is 0 Å². The zero-order valence-electron chi connectivity index (χ0n) is 17.2. The van der Waals surface area contributed by atoms with Crippen molar-refractivity contribution in [3.8, 4) is 0 Å². The Morgan fingerprint density at radius 2 is 1.87 bits per heavy atom. The van der Waals surface area contributed by atoms with Gasteiger partial charge in [0.2, 0.25) is 0 Å². The van der Waals surface area contributed by atoms with Crippen molar-refractivity contribution >= 4 is 40.7 Å². The Balaban J connectivity index is 1.54. The first-order valence-corrected chi connectivity index (χ1v) is 11.5. The Morgan fingerprint density at radius 1 is 1.13 bits per heavy atom. The largest absolute Gasteiger partial charge is 0.452 e. The Hall–Kier alpha value is -2.64. The summed E-state index contributed by atoms with van der Waals surface area (Å²) in [5.74, 6) is 0.205. The molecule has 0 aliphatic heterocycles. The summed E-state index contributed by atoms with van der Waals surface area (Å²) in [6.45, 7) is 5.85. The fraction of sp³-hybridized carbons (Fsp3) is 0.261. The van der Waals surface area contributed by atoms with Crippen LogP contribution in [-0.2, 0) is 15.3 Å². The highest BCUT2D eigenvalue weighted by Crippen LogP contribution is 2.27. The van der Waals surface area contributed by atoms with Crippen LogP contribution in [0.5, 0.6) is 0 Å². The average Bonchev–Trinajstić information content (AvgIpc) is 3.16. The number of nitrogens with zero attached hydrogens (tertiary/aromatic N) is 1. The van der Waals surface area contributed by atoms with Crippen molar-refractivity contribution in [2.75, 3.05) is 11.9 Å². The molecule has 7 heteroatoms. The second-order valence-electron chi connectivity index (χ2n) is 7.04. The number of aromatic nitrogens is 1. The summed E-state index contributed by atoms with van der Waals surface area (Å²) >= 11 is 3.13. The molecule has 1 heterocycles. The van der Waals surface area contributed by atoms with Gasteiger partial charge in [-0.25, -0.2) is 9.78 Å². The van der Waals surface area contributed by atoms with Crippen molar-refractivity contribution in [2.24, 2.45) is 0 Å². The zero-order valence-corrected chi connectivity index (χ0v) is 18.8. The second-order valence-corrected chi connectivity index (χ2v) is 9.12. The lowest BCUT2D eigenvalue weighted by atomic mass is 10.0. The molecule has 0 aliphatic rings. The predicted octanol–water partition coefficient (Wildman–Crippen LogP) is 5.66. The molecule has 3 aromatic rings. The van der Waals surface area contributed by atoms with E-state index in [-0.39, 0.29) is 12.5 Å². The number of amides is 1. The SMILES string of the molecule is Cc1nc(CSc2ccccc2C(=O)OCC(=O)Nc2ccc(C(C)C)cc2)cs1. The summed E-state index contributed by atoms with van der Waals surface area (Å²) in [7, 11) is 0. The van der Waals surface area contributed by atoms with E-state index in [2.05, 4.69) is 24.1 Å². The summed E-state index contributed by atoms with van der Waals surface area (Å²) in [6.07, 6.45) is 0. The Bertz CT molecular complexity index is 1010. The van der Waals surface area contributed by atoms with Crippen LogP contribution in [0.3, 0.4) is 0 Å². The van der Waals surface area contributed by atoms with Gasteiger partial charge in [0.1, 0.15) is 0 Å². The standard InChI is InChI=1S/C23H24N2O3S2/c1-15(2)17-8-10-18(11-9-17)25-22(26)12-28-23(27)20-6-4-5-7-21(20)30-14-19-13-29-16(3)24-19/h4-11,13,15H,12,14H2,1-3H3,(H,25,26). The number of anilines is 1. The summed E-state index contributed by atoms with van der Waals surface area (Å²) in [4.78, 5) is 29.9. The molecule has 156 valence electrons. The number of carbonyl (C=O) groups is 2. The van der Waals surface area contributed by atoms with E-state index in [9.17, 15) is 9.59 Å². The number of ether oxygens (including phenoxy) is 1. The smallest absolute Gasteiger partial charge is 0.339 e. The molecule has 0 unspecified atom stereocenters. The summed E-state index contributed by atoms with van der Waals surface area (Å²) in [6, 6.07) is 14.9. The number of esters is 1.